The molecular weight excluding hydrogens is 254 g/mol. The maximum absolute atomic E-state index is 11.4. The van der Waals surface area contributed by atoms with Crippen LogP contribution in [-0.4, -0.2) is 28.6 Å². The minimum absolute atomic E-state index is 0.299. The molecule has 0 bridgehead atoms. The van der Waals surface area contributed by atoms with Gasteiger partial charge in [0.05, 0.1) is 0 Å². The fourth-order valence-electron chi connectivity index (χ4n) is 1.09. The van der Waals surface area contributed by atoms with Gasteiger partial charge in [-0.25, -0.2) is 14.6 Å². The van der Waals surface area contributed by atoms with Crippen LogP contribution in [0.1, 0.15) is 24.6 Å². The first-order valence-electron chi connectivity index (χ1n) is 5.53. The first-order chi connectivity index (χ1) is 8.61. The predicted octanol–water partition coefficient (Wildman–Crippen LogP) is 2.16. The van der Waals surface area contributed by atoms with Crippen molar-refractivity contribution in [2.75, 3.05) is 11.9 Å². The number of carboxylic acids is 1. The third-order valence-electron chi connectivity index (χ3n) is 1.95. The summed E-state index contributed by atoms with van der Waals surface area (Å²) in [4.78, 5) is 26.3. The molecule has 1 aromatic rings. The molecular formula is C11H15N3O3S. The van der Waals surface area contributed by atoms with Gasteiger partial charge in [-0.1, -0.05) is 24.7 Å². The molecule has 6 nitrogen and oxygen atoms in total. The Bertz CT molecular complexity index is 442. The molecule has 0 aromatic carbocycles. The fourth-order valence-corrected chi connectivity index (χ4v) is 1.81. The van der Waals surface area contributed by atoms with Gasteiger partial charge in [0.15, 0.2) is 5.13 Å². The first kappa shape index (κ1) is 14.2. The average Bonchev–Trinajstić information content (AvgIpc) is 2.74. The van der Waals surface area contributed by atoms with E-state index in [-0.39, 0.29) is 6.03 Å². The van der Waals surface area contributed by atoms with E-state index in [1.807, 2.05) is 6.92 Å². The number of aliphatic carboxylic acids is 1. The summed E-state index contributed by atoms with van der Waals surface area (Å²) in [5.41, 5.74) is 0. The lowest BCUT2D eigenvalue weighted by molar-refractivity contribution is -0.131. The number of aromatic nitrogens is 1. The van der Waals surface area contributed by atoms with Crippen LogP contribution >= 0.6 is 11.3 Å². The second kappa shape index (κ2) is 7.44. The standard InChI is InChI=1S/C11H15N3O3S/c1-2-3-6-12-10(17)14-11-13-7-8(18-11)4-5-9(15)16/h4-5,7H,2-3,6H2,1H3,(H,15,16)(H2,12,13,14,17)/b5-4+. The van der Waals surface area contributed by atoms with E-state index < -0.39 is 5.97 Å². The maximum Gasteiger partial charge on any atom is 0.328 e. The Kier molecular flexibility index (Phi) is 5.86. The number of amides is 2. The van der Waals surface area contributed by atoms with E-state index in [1.165, 1.54) is 23.6 Å². The van der Waals surface area contributed by atoms with Crippen molar-refractivity contribution < 1.29 is 14.7 Å². The summed E-state index contributed by atoms with van der Waals surface area (Å²) in [5.74, 6) is -1.02. The van der Waals surface area contributed by atoms with Crippen molar-refractivity contribution in [2.45, 2.75) is 19.8 Å². The van der Waals surface area contributed by atoms with Crippen LogP contribution in [-0.2, 0) is 4.79 Å². The molecule has 1 heterocycles. The molecule has 0 unspecified atom stereocenters. The highest BCUT2D eigenvalue weighted by Crippen LogP contribution is 2.19. The van der Waals surface area contributed by atoms with Gasteiger partial charge in [-0.15, -0.1) is 0 Å². The Balaban J connectivity index is 2.43. The van der Waals surface area contributed by atoms with E-state index in [2.05, 4.69) is 15.6 Å². The second-order valence-corrected chi connectivity index (χ2v) is 4.54. The van der Waals surface area contributed by atoms with Gasteiger partial charge in [0.1, 0.15) is 0 Å². The molecule has 1 aromatic heterocycles. The van der Waals surface area contributed by atoms with Crippen LogP contribution in [0.4, 0.5) is 9.93 Å². The molecule has 0 radical (unpaired) electrons. The summed E-state index contributed by atoms with van der Waals surface area (Å²) in [5, 5.41) is 14.2. The summed E-state index contributed by atoms with van der Waals surface area (Å²) >= 11 is 1.21. The number of unbranched alkanes of at least 4 members (excludes halogenated alkanes) is 1. The second-order valence-electron chi connectivity index (χ2n) is 3.47. The number of urea groups is 1. The van der Waals surface area contributed by atoms with E-state index >= 15 is 0 Å². The Morgan fingerprint density at radius 1 is 1.56 bits per heavy atom. The molecule has 0 aliphatic carbocycles. The smallest absolute Gasteiger partial charge is 0.328 e. The minimum atomic E-state index is -1.02. The lowest BCUT2D eigenvalue weighted by atomic mass is 10.3. The SMILES string of the molecule is CCCCNC(=O)Nc1ncc(/C=C/C(=O)O)s1. The molecule has 1 rings (SSSR count). The summed E-state index contributed by atoms with van der Waals surface area (Å²) in [7, 11) is 0. The molecule has 0 saturated carbocycles. The molecule has 0 saturated heterocycles. The molecule has 3 N–H and O–H groups in total. The monoisotopic (exact) mass is 269 g/mol. The molecule has 0 aliphatic rings. The van der Waals surface area contributed by atoms with Gasteiger partial charge >= 0.3 is 12.0 Å². The third kappa shape index (κ3) is 5.44. The average molecular weight is 269 g/mol. The van der Waals surface area contributed by atoms with Gasteiger partial charge in [-0.05, 0) is 12.5 Å². The van der Waals surface area contributed by atoms with Crippen molar-refractivity contribution in [1.82, 2.24) is 10.3 Å². The van der Waals surface area contributed by atoms with Gasteiger partial charge in [0, 0.05) is 23.7 Å². The molecule has 7 heteroatoms. The van der Waals surface area contributed by atoms with Crippen LogP contribution in [0.2, 0.25) is 0 Å². The molecule has 0 aliphatic heterocycles. The maximum atomic E-state index is 11.4. The number of rotatable bonds is 6. The molecule has 2 amide bonds. The van der Waals surface area contributed by atoms with Crippen LogP contribution in [0, 0.1) is 0 Å². The summed E-state index contributed by atoms with van der Waals surface area (Å²) < 4.78 is 0. The quantitative estimate of drug-likeness (QED) is 0.545. The van der Waals surface area contributed by atoms with Gasteiger partial charge in [-0.3, -0.25) is 5.32 Å². The zero-order chi connectivity index (χ0) is 13.4. The van der Waals surface area contributed by atoms with Crippen molar-refractivity contribution >= 4 is 34.5 Å². The van der Waals surface area contributed by atoms with Gasteiger partial charge in [0.25, 0.3) is 0 Å². The lowest BCUT2D eigenvalue weighted by Crippen LogP contribution is -2.29. The van der Waals surface area contributed by atoms with E-state index in [1.54, 1.807) is 0 Å². The molecule has 0 fully saturated rings. The number of nitrogens with one attached hydrogen (secondary N) is 2. The summed E-state index contributed by atoms with van der Waals surface area (Å²) in [6.45, 7) is 2.67. The Morgan fingerprint density at radius 2 is 2.33 bits per heavy atom. The molecule has 98 valence electrons. The minimum Gasteiger partial charge on any atom is -0.478 e. The van der Waals surface area contributed by atoms with E-state index in [4.69, 9.17) is 5.11 Å². The third-order valence-corrected chi connectivity index (χ3v) is 2.83. The number of nitrogens with zero attached hydrogens (tertiary/aromatic N) is 1. The van der Waals surface area contributed by atoms with E-state index in [9.17, 15) is 9.59 Å². The molecule has 18 heavy (non-hydrogen) atoms. The lowest BCUT2D eigenvalue weighted by Gasteiger charge is -2.03. The summed E-state index contributed by atoms with van der Waals surface area (Å²) in [6.07, 6.45) is 5.91. The van der Waals surface area contributed by atoms with Crippen molar-refractivity contribution in [2.24, 2.45) is 0 Å². The number of carbonyl (C=O) groups excluding carboxylic acids is 1. The van der Waals surface area contributed by atoms with E-state index in [0.29, 0.717) is 16.6 Å². The highest BCUT2D eigenvalue weighted by Gasteiger charge is 2.04. The zero-order valence-electron chi connectivity index (χ0n) is 9.97. The number of anilines is 1. The summed E-state index contributed by atoms with van der Waals surface area (Å²) in [6, 6.07) is -0.299. The van der Waals surface area contributed by atoms with Crippen LogP contribution in [0.15, 0.2) is 12.3 Å². The number of carbonyl (C=O) groups is 2. The van der Waals surface area contributed by atoms with Gasteiger partial charge < -0.3 is 10.4 Å². The predicted molar refractivity (Wildman–Crippen MR) is 70.7 cm³/mol. The Morgan fingerprint density at radius 3 is 3.00 bits per heavy atom. The molecule has 0 spiro atoms. The highest BCUT2D eigenvalue weighted by atomic mass is 32.1. The number of hydrogen-bond acceptors (Lipinski definition) is 4. The highest BCUT2D eigenvalue weighted by molar-refractivity contribution is 7.16. The Hall–Kier alpha value is -1.89. The van der Waals surface area contributed by atoms with Crippen molar-refractivity contribution in [3.63, 3.8) is 0 Å². The van der Waals surface area contributed by atoms with Crippen LogP contribution < -0.4 is 10.6 Å². The van der Waals surface area contributed by atoms with Crippen LogP contribution in [0.5, 0.6) is 0 Å². The van der Waals surface area contributed by atoms with Crippen molar-refractivity contribution in [3.8, 4) is 0 Å². The zero-order valence-corrected chi connectivity index (χ0v) is 10.8. The van der Waals surface area contributed by atoms with Crippen molar-refractivity contribution in [3.05, 3.63) is 17.2 Å². The van der Waals surface area contributed by atoms with Crippen LogP contribution in [0.3, 0.4) is 0 Å². The number of carboxylic acid groups (broad SMARTS) is 1. The normalized spacial score (nSPS) is 10.5. The van der Waals surface area contributed by atoms with E-state index in [0.717, 1.165) is 18.9 Å². The van der Waals surface area contributed by atoms with Gasteiger partial charge in [-0.2, -0.15) is 0 Å². The van der Waals surface area contributed by atoms with Crippen LogP contribution in [0.25, 0.3) is 6.08 Å². The Labute approximate surface area is 109 Å². The first-order valence-corrected chi connectivity index (χ1v) is 6.35. The fraction of sp³-hybridized carbons (Fsp3) is 0.364. The molecule has 0 atom stereocenters. The number of thiazole rings is 1. The number of hydrogen-bond donors (Lipinski definition) is 3. The van der Waals surface area contributed by atoms with Gasteiger partial charge in [0.2, 0.25) is 0 Å². The largest absolute Gasteiger partial charge is 0.478 e. The topological polar surface area (TPSA) is 91.3 Å². The van der Waals surface area contributed by atoms with Crippen molar-refractivity contribution in [1.29, 1.82) is 0 Å².